The quantitative estimate of drug-likeness (QED) is 0.568. The Bertz CT molecular complexity index is 909. The second kappa shape index (κ2) is 8.79. The van der Waals surface area contributed by atoms with Gasteiger partial charge in [-0.3, -0.25) is 5.43 Å². The highest BCUT2D eigenvalue weighted by molar-refractivity contribution is 7.89. The largest absolute Gasteiger partial charge is 0.261 e. The molecule has 0 aromatic carbocycles. The number of rotatable bonds is 5. The summed E-state index contributed by atoms with van der Waals surface area (Å²) in [6.07, 6.45) is 6.52. The number of allylic oxidation sites excluding steroid dienone is 3. The third kappa shape index (κ3) is 5.14. The van der Waals surface area contributed by atoms with Crippen LogP contribution < -0.4 is 5.43 Å². The minimum Gasteiger partial charge on any atom is -0.261 e. The molecule has 0 amide bonds. The minimum absolute atomic E-state index is 0.230. The Morgan fingerprint density at radius 1 is 1.28 bits per heavy atom. The summed E-state index contributed by atoms with van der Waals surface area (Å²) in [6.45, 7) is 13.5. The van der Waals surface area contributed by atoms with Crippen LogP contribution in [0.3, 0.4) is 0 Å². The SMILES string of the molecule is C=C(C)[C@@H]1CC=C(C)C(=NNc2ccc(S(=O)(=O)N3C[C@H](C)C[C@@H](C)C3)cn2)C1. The van der Waals surface area contributed by atoms with E-state index >= 15 is 0 Å². The molecule has 1 aliphatic heterocycles. The van der Waals surface area contributed by atoms with Crippen LogP contribution in [0.5, 0.6) is 0 Å². The first kappa shape index (κ1) is 21.7. The maximum Gasteiger partial charge on any atom is 0.244 e. The van der Waals surface area contributed by atoms with Crippen molar-refractivity contribution in [2.75, 3.05) is 18.5 Å². The number of hydrogen-bond acceptors (Lipinski definition) is 5. The topological polar surface area (TPSA) is 74.7 Å². The molecule has 158 valence electrons. The molecule has 0 saturated carbocycles. The third-order valence-electron chi connectivity index (χ3n) is 5.82. The number of piperidine rings is 1. The van der Waals surface area contributed by atoms with Gasteiger partial charge < -0.3 is 0 Å². The van der Waals surface area contributed by atoms with Gasteiger partial charge in [-0.25, -0.2) is 13.4 Å². The number of nitrogens with zero attached hydrogens (tertiary/aromatic N) is 3. The van der Waals surface area contributed by atoms with Crippen LogP contribution in [0, 0.1) is 17.8 Å². The summed E-state index contributed by atoms with van der Waals surface area (Å²) in [4.78, 5) is 4.51. The summed E-state index contributed by atoms with van der Waals surface area (Å²) in [5.41, 5.74) is 6.28. The van der Waals surface area contributed by atoms with Gasteiger partial charge in [0.15, 0.2) is 0 Å². The van der Waals surface area contributed by atoms with Crippen LogP contribution in [0.25, 0.3) is 0 Å². The monoisotopic (exact) mass is 416 g/mol. The van der Waals surface area contributed by atoms with Gasteiger partial charge in [0.25, 0.3) is 0 Å². The van der Waals surface area contributed by atoms with Crippen LogP contribution in [0.2, 0.25) is 0 Å². The van der Waals surface area contributed by atoms with Crippen LogP contribution in [0.15, 0.2) is 52.1 Å². The number of anilines is 1. The lowest BCUT2D eigenvalue weighted by molar-refractivity contribution is 0.222. The second-order valence-corrected chi connectivity index (χ2v) is 10.6. The van der Waals surface area contributed by atoms with E-state index in [4.69, 9.17) is 0 Å². The molecule has 7 heteroatoms. The van der Waals surface area contributed by atoms with Crippen LogP contribution in [-0.4, -0.2) is 36.5 Å². The number of sulfonamides is 1. The van der Waals surface area contributed by atoms with Crippen molar-refractivity contribution < 1.29 is 8.42 Å². The summed E-state index contributed by atoms with van der Waals surface area (Å²) in [5.74, 6) is 1.68. The fourth-order valence-corrected chi connectivity index (χ4v) is 5.72. The van der Waals surface area contributed by atoms with E-state index in [9.17, 15) is 8.42 Å². The molecule has 1 aromatic rings. The molecule has 1 saturated heterocycles. The first-order valence-corrected chi connectivity index (χ1v) is 11.7. The smallest absolute Gasteiger partial charge is 0.244 e. The van der Waals surface area contributed by atoms with Crippen molar-refractivity contribution >= 4 is 21.6 Å². The Morgan fingerprint density at radius 2 is 1.97 bits per heavy atom. The lowest BCUT2D eigenvalue weighted by Gasteiger charge is -2.33. The van der Waals surface area contributed by atoms with Crippen molar-refractivity contribution in [3.05, 3.63) is 42.1 Å². The van der Waals surface area contributed by atoms with Crippen molar-refractivity contribution in [2.24, 2.45) is 22.9 Å². The van der Waals surface area contributed by atoms with E-state index in [1.54, 1.807) is 16.4 Å². The summed E-state index contributed by atoms with van der Waals surface area (Å²) < 4.78 is 27.5. The zero-order valence-electron chi connectivity index (χ0n) is 17.9. The Labute approximate surface area is 174 Å². The van der Waals surface area contributed by atoms with E-state index in [2.05, 4.69) is 55.9 Å². The second-order valence-electron chi connectivity index (χ2n) is 8.69. The summed E-state index contributed by atoms with van der Waals surface area (Å²) >= 11 is 0. The van der Waals surface area contributed by atoms with E-state index in [-0.39, 0.29) is 4.90 Å². The standard InChI is InChI=1S/C22H32N4O2S/c1-15(2)19-7-6-18(5)21(11-19)24-25-22-9-8-20(12-23-22)29(27,28)26-13-16(3)10-17(4)14-26/h6,8-9,12,16-17,19H,1,7,10-11,13-14H2,2-5H3,(H,23,25)/t16-,17-,19-/m1/s1. The molecular weight excluding hydrogens is 384 g/mol. The van der Waals surface area contributed by atoms with E-state index in [0.29, 0.717) is 36.7 Å². The van der Waals surface area contributed by atoms with Crippen molar-refractivity contribution in [2.45, 2.75) is 51.9 Å². The Balaban J connectivity index is 1.71. The molecule has 1 fully saturated rings. The molecule has 1 aromatic heterocycles. The van der Waals surface area contributed by atoms with Gasteiger partial charge in [0.2, 0.25) is 10.0 Å². The summed E-state index contributed by atoms with van der Waals surface area (Å²) in [5, 5.41) is 4.50. The molecule has 0 spiro atoms. The first-order chi connectivity index (χ1) is 13.7. The fourth-order valence-electron chi connectivity index (χ4n) is 4.10. The number of aromatic nitrogens is 1. The molecule has 29 heavy (non-hydrogen) atoms. The van der Waals surface area contributed by atoms with Crippen LogP contribution in [-0.2, 0) is 10.0 Å². The van der Waals surface area contributed by atoms with Crippen LogP contribution in [0.4, 0.5) is 5.82 Å². The highest BCUT2D eigenvalue weighted by atomic mass is 32.2. The van der Waals surface area contributed by atoms with Gasteiger partial charge in [-0.1, -0.05) is 32.1 Å². The predicted molar refractivity (Wildman–Crippen MR) is 118 cm³/mol. The molecule has 1 aliphatic carbocycles. The lowest BCUT2D eigenvalue weighted by atomic mass is 9.85. The molecule has 0 radical (unpaired) electrons. The number of hydrogen-bond donors (Lipinski definition) is 1. The van der Waals surface area contributed by atoms with Gasteiger partial charge >= 0.3 is 0 Å². The van der Waals surface area contributed by atoms with E-state index in [1.165, 1.54) is 6.20 Å². The van der Waals surface area contributed by atoms with E-state index in [0.717, 1.165) is 36.1 Å². The number of hydrazone groups is 1. The van der Waals surface area contributed by atoms with Crippen molar-refractivity contribution in [1.82, 2.24) is 9.29 Å². The molecule has 6 nitrogen and oxygen atoms in total. The van der Waals surface area contributed by atoms with Gasteiger partial charge in [-0.2, -0.15) is 9.41 Å². The number of pyridine rings is 1. The van der Waals surface area contributed by atoms with E-state index < -0.39 is 10.0 Å². The van der Waals surface area contributed by atoms with E-state index in [1.807, 2.05) is 0 Å². The third-order valence-corrected chi connectivity index (χ3v) is 7.63. The Kier molecular flexibility index (Phi) is 6.58. The molecule has 2 heterocycles. The molecule has 3 atom stereocenters. The van der Waals surface area contributed by atoms with Gasteiger partial charge in [0.05, 0.1) is 5.71 Å². The van der Waals surface area contributed by atoms with Crippen LogP contribution >= 0.6 is 0 Å². The molecule has 2 aliphatic rings. The predicted octanol–water partition coefficient (Wildman–Crippen LogP) is 4.45. The zero-order valence-corrected chi connectivity index (χ0v) is 18.7. The molecule has 0 unspecified atom stereocenters. The van der Waals surface area contributed by atoms with Gasteiger partial charge in [0.1, 0.15) is 10.7 Å². The highest BCUT2D eigenvalue weighted by Crippen LogP contribution is 2.28. The van der Waals surface area contributed by atoms with Crippen molar-refractivity contribution in [1.29, 1.82) is 0 Å². The minimum atomic E-state index is -3.52. The molecular formula is C22H32N4O2S. The average molecular weight is 417 g/mol. The maximum absolute atomic E-state index is 13.0. The lowest BCUT2D eigenvalue weighted by Crippen LogP contribution is -2.42. The molecule has 1 N–H and O–H groups in total. The maximum atomic E-state index is 13.0. The average Bonchev–Trinajstić information content (AvgIpc) is 2.66. The van der Waals surface area contributed by atoms with Crippen LogP contribution in [0.1, 0.15) is 47.0 Å². The van der Waals surface area contributed by atoms with Gasteiger partial charge in [-0.15, -0.1) is 0 Å². The Hall–Kier alpha value is -1.99. The normalized spacial score (nSPS) is 27.5. The summed E-state index contributed by atoms with van der Waals surface area (Å²) in [7, 11) is -3.52. The van der Waals surface area contributed by atoms with Crippen molar-refractivity contribution in [3.8, 4) is 0 Å². The van der Waals surface area contributed by atoms with Gasteiger partial charge in [0, 0.05) is 19.3 Å². The Morgan fingerprint density at radius 3 is 2.55 bits per heavy atom. The summed E-state index contributed by atoms with van der Waals surface area (Å²) in [6, 6.07) is 3.28. The molecule has 0 bridgehead atoms. The van der Waals surface area contributed by atoms with Gasteiger partial charge in [-0.05, 0) is 68.6 Å². The molecule has 3 rings (SSSR count). The number of nitrogens with one attached hydrogen (secondary N) is 1. The first-order valence-electron chi connectivity index (χ1n) is 10.3. The fraction of sp³-hybridized carbons (Fsp3) is 0.545. The highest BCUT2D eigenvalue weighted by Gasteiger charge is 2.31. The van der Waals surface area contributed by atoms with Crippen molar-refractivity contribution in [3.63, 3.8) is 0 Å². The zero-order chi connectivity index (χ0) is 21.2.